The molecule has 0 bridgehead atoms. The summed E-state index contributed by atoms with van der Waals surface area (Å²) in [6.07, 6.45) is 6.70. The van der Waals surface area contributed by atoms with E-state index < -0.39 is 6.04 Å². The first kappa shape index (κ1) is 18.9. The van der Waals surface area contributed by atoms with Gasteiger partial charge in [0, 0.05) is 17.4 Å². The summed E-state index contributed by atoms with van der Waals surface area (Å²) in [7, 11) is 0. The van der Waals surface area contributed by atoms with E-state index in [1.165, 1.54) is 4.68 Å². The van der Waals surface area contributed by atoms with Gasteiger partial charge in [0.1, 0.15) is 17.4 Å². The molecule has 0 saturated heterocycles. The van der Waals surface area contributed by atoms with Crippen molar-refractivity contribution < 1.29 is 9.53 Å². The summed E-state index contributed by atoms with van der Waals surface area (Å²) in [5.41, 5.74) is 0.540. The standard InChI is InChI=1S/C24H25N3O3/c1-16(27-23(29)18-9-3-2-8-17(18)15-25-27)22(28)26-20-14-24(12-6-7-13-24)30-21-11-5-4-10-19(20)21/h2-5,8-11,15-16,20H,6-7,12-14H2,1H3,(H,26,28). The van der Waals surface area contributed by atoms with E-state index in [-0.39, 0.29) is 23.1 Å². The Morgan fingerprint density at radius 1 is 1.17 bits per heavy atom. The number of benzene rings is 2. The van der Waals surface area contributed by atoms with Gasteiger partial charge >= 0.3 is 0 Å². The van der Waals surface area contributed by atoms with Crippen molar-refractivity contribution in [1.29, 1.82) is 0 Å². The van der Waals surface area contributed by atoms with E-state index in [9.17, 15) is 9.59 Å². The van der Waals surface area contributed by atoms with E-state index in [1.807, 2.05) is 42.5 Å². The van der Waals surface area contributed by atoms with E-state index in [0.29, 0.717) is 5.39 Å². The summed E-state index contributed by atoms with van der Waals surface area (Å²) in [5, 5.41) is 8.77. The summed E-state index contributed by atoms with van der Waals surface area (Å²) in [6.45, 7) is 1.72. The van der Waals surface area contributed by atoms with Crippen molar-refractivity contribution in [2.75, 3.05) is 0 Å². The molecule has 154 valence electrons. The maximum atomic E-state index is 13.2. The Morgan fingerprint density at radius 3 is 2.73 bits per heavy atom. The van der Waals surface area contributed by atoms with Crippen molar-refractivity contribution in [3.05, 3.63) is 70.6 Å². The summed E-state index contributed by atoms with van der Waals surface area (Å²) < 4.78 is 7.66. The molecular formula is C24H25N3O3. The fraction of sp³-hybridized carbons (Fsp3) is 0.375. The van der Waals surface area contributed by atoms with E-state index >= 15 is 0 Å². The Labute approximate surface area is 174 Å². The highest BCUT2D eigenvalue weighted by Gasteiger charge is 2.43. The van der Waals surface area contributed by atoms with Crippen LogP contribution in [0.4, 0.5) is 0 Å². The molecule has 2 aromatic carbocycles. The van der Waals surface area contributed by atoms with Crippen LogP contribution < -0.4 is 15.6 Å². The quantitative estimate of drug-likeness (QED) is 0.720. The lowest BCUT2D eigenvalue weighted by molar-refractivity contribution is -0.125. The second-order valence-electron chi connectivity index (χ2n) is 8.45. The lowest BCUT2D eigenvalue weighted by Gasteiger charge is -2.40. The minimum atomic E-state index is -0.711. The van der Waals surface area contributed by atoms with Crippen molar-refractivity contribution in [3.8, 4) is 5.75 Å². The van der Waals surface area contributed by atoms with Crippen LogP contribution in [-0.4, -0.2) is 21.3 Å². The Hall–Kier alpha value is -3.15. The van der Waals surface area contributed by atoms with Gasteiger partial charge in [-0.05, 0) is 44.7 Å². The molecule has 1 aliphatic carbocycles. The van der Waals surface area contributed by atoms with Gasteiger partial charge in [-0.3, -0.25) is 9.59 Å². The Bertz CT molecular complexity index is 1160. The minimum Gasteiger partial charge on any atom is -0.487 e. The van der Waals surface area contributed by atoms with Gasteiger partial charge in [-0.15, -0.1) is 0 Å². The third-order valence-corrected chi connectivity index (χ3v) is 6.50. The molecule has 1 N–H and O–H groups in total. The molecule has 0 radical (unpaired) electrons. The summed E-state index contributed by atoms with van der Waals surface area (Å²) in [5.74, 6) is 0.638. The third-order valence-electron chi connectivity index (χ3n) is 6.50. The second-order valence-corrected chi connectivity index (χ2v) is 8.45. The molecule has 1 aliphatic heterocycles. The normalized spacial score (nSPS) is 20.5. The highest BCUT2D eigenvalue weighted by Crippen LogP contribution is 2.47. The van der Waals surface area contributed by atoms with E-state index in [2.05, 4.69) is 10.4 Å². The van der Waals surface area contributed by atoms with Gasteiger partial charge in [0.2, 0.25) is 5.91 Å². The number of hydrogen-bond acceptors (Lipinski definition) is 4. The van der Waals surface area contributed by atoms with Crippen molar-refractivity contribution in [3.63, 3.8) is 0 Å². The molecule has 6 nitrogen and oxygen atoms in total. The molecule has 30 heavy (non-hydrogen) atoms. The van der Waals surface area contributed by atoms with Crippen LogP contribution in [0, 0.1) is 0 Å². The maximum Gasteiger partial charge on any atom is 0.275 e. The third kappa shape index (κ3) is 3.16. The van der Waals surface area contributed by atoms with Gasteiger partial charge in [0.25, 0.3) is 5.56 Å². The number of carbonyl (C=O) groups is 1. The van der Waals surface area contributed by atoms with Gasteiger partial charge in [0.05, 0.1) is 17.6 Å². The number of nitrogens with zero attached hydrogens (tertiary/aromatic N) is 2. The Morgan fingerprint density at radius 2 is 1.90 bits per heavy atom. The highest BCUT2D eigenvalue weighted by atomic mass is 16.5. The monoisotopic (exact) mass is 403 g/mol. The number of nitrogens with one attached hydrogen (secondary N) is 1. The summed E-state index contributed by atoms with van der Waals surface area (Å²) >= 11 is 0. The van der Waals surface area contributed by atoms with Crippen molar-refractivity contribution >= 4 is 16.7 Å². The van der Waals surface area contributed by atoms with Gasteiger partial charge in [0.15, 0.2) is 0 Å². The van der Waals surface area contributed by atoms with Crippen molar-refractivity contribution in [1.82, 2.24) is 15.1 Å². The summed E-state index contributed by atoms with van der Waals surface area (Å²) in [6, 6.07) is 14.4. The molecular weight excluding hydrogens is 378 g/mol. The van der Waals surface area contributed by atoms with Crippen LogP contribution in [0.1, 0.15) is 56.7 Å². The predicted molar refractivity (Wildman–Crippen MR) is 114 cm³/mol. The lowest BCUT2D eigenvalue weighted by Crippen LogP contribution is -2.45. The van der Waals surface area contributed by atoms with Crippen LogP contribution in [0.15, 0.2) is 59.5 Å². The molecule has 1 spiro atoms. The average molecular weight is 403 g/mol. The second kappa shape index (κ2) is 7.27. The van der Waals surface area contributed by atoms with Crippen molar-refractivity contribution in [2.45, 2.75) is 56.7 Å². The SMILES string of the molecule is CC(C(=O)NC1CC2(CCCC2)Oc2ccccc21)n1ncc2ccccc2c1=O. The number of amides is 1. The van der Waals surface area contributed by atoms with Gasteiger partial charge in [-0.2, -0.15) is 5.10 Å². The van der Waals surface area contributed by atoms with Crippen LogP contribution >= 0.6 is 0 Å². The zero-order valence-corrected chi connectivity index (χ0v) is 17.0. The summed E-state index contributed by atoms with van der Waals surface area (Å²) in [4.78, 5) is 26.0. The topological polar surface area (TPSA) is 73.2 Å². The first-order valence-electron chi connectivity index (χ1n) is 10.6. The highest BCUT2D eigenvalue weighted by molar-refractivity contribution is 5.83. The molecule has 1 fully saturated rings. The number of para-hydroxylation sites is 1. The molecule has 2 aliphatic rings. The first-order chi connectivity index (χ1) is 14.6. The molecule has 3 aromatic rings. The molecule has 1 aromatic heterocycles. The van der Waals surface area contributed by atoms with E-state index in [1.54, 1.807) is 19.2 Å². The Kier molecular flexibility index (Phi) is 4.57. The molecule has 2 heterocycles. The fourth-order valence-electron chi connectivity index (χ4n) is 4.86. The van der Waals surface area contributed by atoms with Gasteiger partial charge in [-0.25, -0.2) is 4.68 Å². The van der Waals surface area contributed by atoms with Gasteiger partial charge in [-0.1, -0.05) is 36.4 Å². The molecule has 1 saturated carbocycles. The largest absolute Gasteiger partial charge is 0.487 e. The average Bonchev–Trinajstić information content (AvgIpc) is 3.21. The fourth-order valence-corrected chi connectivity index (χ4v) is 4.86. The van der Waals surface area contributed by atoms with Crippen LogP contribution in [0.5, 0.6) is 5.75 Å². The van der Waals surface area contributed by atoms with Crippen molar-refractivity contribution in [2.24, 2.45) is 0 Å². The van der Waals surface area contributed by atoms with Gasteiger partial charge < -0.3 is 10.1 Å². The van der Waals surface area contributed by atoms with E-state index in [0.717, 1.165) is 48.8 Å². The number of aromatic nitrogens is 2. The van der Waals surface area contributed by atoms with Crippen LogP contribution in [0.3, 0.4) is 0 Å². The smallest absolute Gasteiger partial charge is 0.275 e. The van der Waals surface area contributed by atoms with Crippen LogP contribution in [0.2, 0.25) is 0 Å². The van der Waals surface area contributed by atoms with Crippen LogP contribution in [0.25, 0.3) is 10.8 Å². The maximum absolute atomic E-state index is 13.2. The zero-order chi connectivity index (χ0) is 20.7. The first-order valence-corrected chi connectivity index (χ1v) is 10.6. The Balaban J connectivity index is 1.43. The molecule has 6 heteroatoms. The minimum absolute atomic E-state index is 0.140. The number of fused-ring (bicyclic) bond motifs is 2. The molecule has 2 atom stereocenters. The zero-order valence-electron chi connectivity index (χ0n) is 17.0. The number of carbonyl (C=O) groups excluding carboxylic acids is 1. The van der Waals surface area contributed by atoms with E-state index in [4.69, 9.17) is 4.74 Å². The lowest BCUT2D eigenvalue weighted by atomic mass is 9.86. The molecule has 5 rings (SSSR count). The molecule has 2 unspecified atom stereocenters. The number of rotatable bonds is 3. The molecule has 1 amide bonds. The predicted octanol–water partition coefficient (Wildman–Crippen LogP) is 3.91. The van der Waals surface area contributed by atoms with Crippen LogP contribution in [-0.2, 0) is 4.79 Å². The number of ether oxygens (including phenoxy) is 1. The number of hydrogen-bond donors (Lipinski definition) is 1.